The fourth-order valence-electron chi connectivity index (χ4n) is 5.02. The third-order valence-electron chi connectivity index (χ3n) is 6.78. The summed E-state index contributed by atoms with van der Waals surface area (Å²) in [4.78, 5) is 22.3. The third-order valence-corrected chi connectivity index (χ3v) is 8.09. The van der Waals surface area contributed by atoms with Crippen LogP contribution in [-0.2, 0) is 31.1 Å². The van der Waals surface area contributed by atoms with Gasteiger partial charge in [0.05, 0.1) is 18.2 Å². The highest BCUT2D eigenvalue weighted by molar-refractivity contribution is 9.10. The number of halogens is 3. The largest absolute Gasteiger partial charge is 0.340 e. The summed E-state index contributed by atoms with van der Waals surface area (Å²) in [7, 11) is 1.98. The maximum absolute atomic E-state index is 13.0. The van der Waals surface area contributed by atoms with E-state index in [2.05, 4.69) is 48.9 Å². The summed E-state index contributed by atoms with van der Waals surface area (Å²) in [6.45, 7) is 3.02. The topological polar surface area (TPSA) is 40.3 Å². The van der Waals surface area contributed by atoms with Gasteiger partial charge in [-0.2, -0.15) is 0 Å². The number of amides is 1. The van der Waals surface area contributed by atoms with Gasteiger partial charge in [-0.25, -0.2) is 4.57 Å². The molecule has 3 aromatic rings. The van der Waals surface area contributed by atoms with Gasteiger partial charge in [0.1, 0.15) is 7.05 Å². The lowest BCUT2D eigenvalue weighted by atomic mass is 9.96. The van der Waals surface area contributed by atoms with Crippen molar-refractivity contribution in [1.82, 2.24) is 14.8 Å². The highest BCUT2D eigenvalue weighted by atomic mass is 79.9. The molecular weight excluding hydrogens is 580 g/mol. The average Bonchev–Trinajstić information content (AvgIpc) is 2.97. The van der Waals surface area contributed by atoms with Gasteiger partial charge in [0.25, 0.3) is 0 Å². The van der Waals surface area contributed by atoms with Crippen LogP contribution in [0.25, 0.3) is 0 Å². The number of pyridine rings is 2. The monoisotopic (exact) mass is 603 g/mol. The van der Waals surface area contributed by atoms with Crippen LogP contribution in [0.3, 0.4) is 0 Å². The van der Waals surface area contributed by atoms with Crippen LogP contribution in [-0.4, -0.2) is 46.9 Å². The number of aryl methyl sites for hydroxylation is 3. The number of piperazine rings is 1. The normalized spacial score (nSPS) is 18.2. The lowest BCUT2D eigenvalue weighted by molar-refractivity contribution is -0.671. The first-order valence-electron chi connectivity index (χ1n) is 11.5. The fraction of sp³-hybridized carbons (Fsp3) is 0.346. The summed E-state index contributed by atoms with van der Waals surface area (Å²) in [5.41, 5.74) is 5.91. The summed E-state index contributed by atoms with van der Waals surface area (Å²) >= 11 is 13.8. The summed E-state index contributed by atoms with van der Waals surface area (Å²) in [6.07, 6.45) is 8.14. The van der Waals surface area contributed by atoms with E-state index in [9.17, 15) is 4.79 Å². The fourth-order valence-corrected chi connectivity index (χ4v) is 6.49. The van der Waals surface area contributed by atoms with Crippen molar-refractivity contribution in [2.45, 2.75) is 25.3 Å². The average molecular weight is 606 g/mol. The third kappa shape index (κ3) is 4.94. The molecule has 1 aliphatic heterocycles. The zero-order valence-electron chi connectivity index (χ0n) is 19.0. The molecule has 34 heavy (non-hydrogen) atoms. The minimum absolute atomic E-state index is 0.0265. The Morgan fingerprint density at radius 2 is 1.79 bits per heavy atom. The Kier molecular flexibility index (Phi) is 7.07. The van der Waals surface area contributed by atoms with E-state index in [4.69, 9.17) is 16.6 Å². The van der Waals surface area contributed by atoms with Crippen LogP contribution in [0.4, 0.5) is 0 Å². The first kappa shape index (κ1) is 23.9. The van der Waals surface area contributed by atoms with Gasteiger partial charge in [-0.3, -0.25) is 14.7 Å². The highest BCUT2D eigenvalue weighted by Crippen LogP contribution is 2.41. The predicted molar refractivity (Wildman–Crippen MR) is 140 cm³/mol. The molecular formula is C26H26Br2ClN4O+. The lowest BCUT2D eigenvalue weighted by Gasteiger charge is -2.40. The van der Waals surface area contributed by atoms with Crippen molar-refractivity contribution in [3.63, 3.8) is 0 Å². The number of rotatable bonds is 3. The molecule has 1 aromatic carbocycles. The van der Waals surface area contributed by atoms with Crippen molar-refractivity contribution in [3.8, 4) is 0 Å². The van der Waals surface area contributed by atoms with Crippen molar-refractivity contribution in [2.24, 2.45) is 7.05 Å². The Bertz CT molecular complexity index is 1230. The van der Waals surface area contributed by atoms with E-state index in [0.29, 0.717) is 19.5 Å². The summed E-state index contributed by atoms with van der Waals surface area (Å²) in [5.74, 6) is 0.185. The van der Waals surface area contributed by atoms with Crippen molar-refractivity contribution < 1.29 is 9.36 Å². The minimum atomic E-state index is 0.0265. The summed E-state index contributed by atoms with van der Waals surface area (Å²) < 4.78 is 4.00. The minimum Gasteiger partial charge on any atom is -0.340 e. The number of benzene rings is 1. The molecule has 1 amide bonds. The van der Waals surface area contributed by atoms with Crippen LogP contribution in [0, 0.1) is 0 Å². The van der Waals surface area contributed by atoms with Gasteiger partial charge in [-0.1, -0.05) is 27.5 Å². The molecule has 8 heteroatoms. The number of fused-ring (bicyclic) bond motifs is 2. The van der Waals surface area contributed by atoms with E-state index >= 15 is 0 Å². The number of aromatic nitrogens is 2. The number of hydrogen-bond donors (Lipinski definition) is 0. The van der Waals surface area contributed by atoms with E-state index in [1.807, 2.05) is 53.3 Å². The molecule has 0 radical (unpaired) electrons. The Balaban J connectivity index is 1.40. The van der Waals surface area contributed by atoms with Crippen molar-refractivity contribution in [2.75, 3.05) is 26.2 Å². The van der Waals surface area contributed by atoms with Gasteiger partial charge in [-0.15, -0.1) is 0 Å². The van der Waals surface area contributed by atoms with E-state index in [1.165, 1.54) is 16.7 Å². The molecule has 2 aromatic heterocycles. The van der Waals surface area contributed by atoms with Crippen molar-refractivity contribution in [1.29, 1.82) is 0 Å². The second-order valence-corrected chi connectivity index (χ2v) is 11.2. The zero-order chi connectivity index (χ0) is 23.8. The van der Waals surface area contributed by atoms with Crippen molar-refractivity contribution >= 4 is 49.4 Å². The summed E-state index contributed by atoms with van der Waals surface area (Å²) in [5, 5.41) is 0.745. The van der Waals surface area contributed by atoms with Gasteiger partial charge in [0, 0.05) is 58.5 Å². The number of carbonyl (C=O) groups is 1. The zero-order valence-corrected chi connectivity index (χ0v) is 22.9. The quantitative estimate of drug-likeness (QED) is 0.408. The molecule has 1 aliphatic carbocycles. The van der Waals surface area contributed by atoms with Crippen LogP contribution in [0.1, 0.15) is 34.0 Å². The number of hydrogen-bond acceptors (Lipinski definition) is 3. The first-order valence-corrected chi connectivity index (χ1v) is 13.4. The molecule has 0 N–H and O–H groups in total. The molecule has 0 saturated carbocycles. The summed E-state index contributed by atoms with van der Waals surface area (Å²) in [6, 6.07) is 10.3. The Morgan fingerprint density at radius 3 is 2.53 bits per heavy atom. The van der Waals surface area contributed by atoms with Crippen LogP contribution in [0.15, 0.2) is 57.9 Å². The van der Waals surface area contributed by atoms with Crippen molar-refractivity contribution in [3.05, 3.63) is 90.8 Å². The molecule has 1 saturated heterocycles. The van der Waals surface area contributed by atoms with Crippen LogP contribution in [0.5, 0.6) is 0 Å². The lowest BCUT2D eigenvalue weighted by Crippen LogP contribution is -2.50. The molecule has 0 unspecified atom stereocenters. The Morgan fingerprint density at radius 1 is 1.09 bits per heavy atom. The van der Waals surface area contributed by atoms with E-state index < -0.39 is 0 Å². The molecule has 5 rings (SSSR count). The predicted octanol–water partition coefficient (Wildman–Crippen LogP) is 4.66. The van der Waals surface area contributed by atoms with Crippen LogP contribution < -0.4 is 4.57 Å². The molecule has 1 fully saturated rings. The maximum Gasteiger partial charge on any atom is 0.227 e. The van der Waals surface area contributed by atoms with E-state index in [0.717, 1.165) is 51.2 Å². The molecule has 176 valence electrons. The Labute approximate surface area is 222 Å². The van der Waals surface area contributed by atoms with Gasteiger partial charge in [-0.05, 0) is 69.2 Å². The Hall–Kier alpha value is -1.80. The van der Waals surface area contributed by atoms with Crippen LogP contribution >= 0.6 is 43.5 Å². The molecule has 2 aliphatic rings. The number of carbonyl (C=O) groups excluding carboxylic acids is 1. The molecule has 5 nitrogen and oxygen atoms in total. The second kappa shape index (κ2) is 10.1. The maximum atomic E-state index is 13.0. The molecule has 3 heterocycles. The van der Waals surface area contributed by atoms with Crippen LogP contribution in [0.2, 0.25) is 5.02 Å². The molecule has 0 spiro atoms. The van der Waals surface area contributed by atoms with E-state index in [1.54, 1.807) is 0 Å². The van der Waals surface area contributed by atoms with E-state index in [-0.39, 0.29) is 11.9 Å². The first-order chi connectivity index (χ1) is 16.4. The highest BCUT2D eigenvalue weighted by Gasteiger charge is 2.34. The molecule has 1 atom stereocenters. The van der Waals surface area contributed by atoms with Gasteiger partial charge in [0.2, 0.25) is 5.91 Å². The standard InChI is InChI=1S/C26H26Br2ClN4O/c1-31-6-4-17(5-7-31)12-23(34)32-8-10-33(11-9-32)26-24-18(14-21(29)15-22(24)28)2-3-19-13-20(27)16-30-25(19)26/h4-7,13-16,26H,2-3,8-12H2,1H3/q+1/t26-/m0/s1. The van der Waals surface area contributed by atoms with Gasteiger partial charge >= 0.3 is 0 Å². The molecule has 0 bridgehead atoms. The SMILES string of the molecule is C[n+]1ccc(CC(=O)N2CCN([C@@H]3c4ncc(Br)cc4CCc4cc(Cl)cc(Br)c43)CC2)cc1. The number of nitrogens with zero attached hydrogens (tertiary/aromatic N) is 4. The van der Waals surface area contributed by atoms with Gasteiger partial charge < -0.3 is 4.90 Å². The smallest absolute Gasteiger partial charge is 0.227 e. The second-order valence-electron chi connectivity index (χ2n) is 9.03. The van der Waals surface area contributed by atoms with Gasteiger partial charge in [0.15, 0.2) is 12.4 Å².